The van der Waals surface area contributed by atoms with Gasteiger partial charge in [-0.05, 0) is 0 Å². The summed E-state index contributed by atoms with van der Waals surface area (Å²) in [5, 5.41) is 14.8. The Labute approximate surface area is 83.3 Å². The van der Waals surface area contributed by atoms with Crippen LogP contribution >= 0.6 is 0 Å². The second-order valence-corrected chi connectivity index (χ2v) is 0.224. The van der Waals surface area contributed by atoms with Gasteiger partial charge in [0.25, 0.3) is 0 Å². The molecule has 0 aliphatic carbocycles. The van der Waals surface area contributed by atoms with E-state index in [0.29, 0.717) is 0 Å². The molecule has 0 bridgehead atoms. The molecule has 0 saturated heterocycles. The Kier molecular flexibility index (Phi) is 511. The summed E-state index contributed by atoms with van der Waals surface area (Å²) in [7, 11) is 0. The minimum Gasteiger partial charge on any atom is -0.412 e. The molecule has 0 unspecified atom stereocenters. The van der Waals surface area contributed by atoms with E-state index in [4.69, 9.17) is 15.3 Å². The van der Waals surface area contributed by atoms with Crippen molar-refractivity contribution in [2.24, 2.45) is 0 Å². The van der Waals surface area contributed by atoms with Gasteiger partial charge in [-0.15, -0.1) is 0 Å². The fourth-order valence-electron chi connectivity index (χ4n) is 0. The summed E-state index contributed by atoms with van der Waals surface area (Å²) >= 11 is 0. The molecule has 0 fully saturated rings. The summed E-state index contributed by atoms with van der Waals surface area (Å²) in [6.07, 6.45) is 0. The molecule has 0 aliphatic rings. The van der Waals surface area contributed by atoms with Gasteiger partial charge in [0, 0.05) is 35.6 Å². The first kappa shape index (κ1) is 84.4. The van der Waals surface area contributed by atoms with Crippen molar-refractivity contribution in [1.82, 2.24) is 0 Å². The van der Waals surface area contributed by atoms with Crippen LogP contribution in [0.25, 0.3) is 0 Å². The molecule has 0 spiro atoms. The van der Waals surface area contributed by atoms with Crippen LogP contribution in [0.4, 0.5) is 0 Å². The van der Waals surface area contributed by atoms with Crippen molar-refractivity contribution in [3.63, 3.8) is 0 Å². The van der Waals surface area contributed by atoms with Crippen LogP contribution in [0.3, 0.4) is 0 Å². The van der Waals surface area contributed by atoms with Crippen molar-refractivity contribution in [3.8, 4) is 0 Å². The average molecular weight is 291 g/mol. The Balaban J connectivity index is -0.00000000300. The second-order valence-electron chi connectivity index (χ2n) is 0.224. The van der Waals surface area contributed by atoms with Crippen LogP contribution in [0, 0.1) is 50.9 Å². The van der Waals surface area contributed by atoms with E-state index in [1.54, 1.807) is 0 Å². The quantitative estimate of drug-likeness (QED) is 0.318. The third kappa shape index (κ3) is 11200. The fraction of sp³-hybridized carbons (Fsp3) is 0. The van der Waals surface area contributed by atoms with Crippen molar-refractivity contribution in [2.75, 3.05) is 0 Å². The molecular formula is H10LaNO8-. The van der Waals surface area contributed by atoms with Crippen molar-refractivity contribution >= 4 is 0 Å². The first-order valence-corrected chi connectivity index (χ1v) is 0.548. The molecule has 10 heavy (non-hydrogen) atoms. The molecule has 0 aliphatic heterocycles. The zero-order chi connectivity index (χ0) is 3.58. The second kappa shape index (κ2) is 60.5. The minimum atomic E-state index is -1.75. The van der Waals surface area contributed by atoms with E-state index < -0.39 is 5.09 Å². The normalized spacial score (nSPS) is 2.40. The van der Waals surface area contributed by atoms with Gasteiger partial charge in [-0.25, -0.2) is 0 Å². The summed E-state index contributed by atoms with van der Waals surface area (Å²) in [5.41, 5.74) is 0. The molecule has 10 N–H and O–H groups in total. The molecule has 0 saturated carbocycles. The van der Waals surface area contributed by atoms with Crippen LogP contribution in [0.5, 0.6) is 0 Å². The van der Waals surface area contributed by atoms with Crippen LogP contribution in [0.1, 0.15) is 0 Å². The van der Waals surface area contributed by atoms with Gasteiger partial charge in [0.05, 0.1) is 5.09 Å². The summed E-state index contributed by atoms with van der Waals surface area (Å²) in [5.74, 6) is 0. The minimum absolute atomic E-state index is 0. The zero-order valence-corrected chi connectivity index (χ0v) is 8.38. The SMILES string of the molecule is O.O.O.O.O.O=[N+]([O-])[O-].[La]. The van der Waals surface area contributed by atoms with Crippen LogP contribution in [-0.4, -0.2) is 32.5 Å². The van der Waals surface area contributed by atoms with Crippen molar-refractivity contribution < 1.29 is 68.1 Å². The Morgan fingerprint density at radius 2 is 0.800 bits per heavy atom. The summed E-state index contributed by atoms with van der Waals surface area (Å²) in [4.78, 5) is 8.25. The monoisotopic (exact) mass is 291 g/mol. The number of hydrogen-bond donors (Lipinski definition) is 0. The molecule has 0 aromatic heterocycles. The van der Waals surface area contributed by atoms with Crippen molar-refractivity contribution in [2.45, 2.75) is 0 Å². The van der Waals surface area contributed by atoms with Gasteiger partial charge in [-0.1, -0.05) is 0 Å². The average Bonchev–Trinajstić information content (AvgIpc) is 0.811. The molecule has 0 heterocycles. The molecule has 67 valence electrons. The van der Waals surface area contributed by atoms with Crippen LogP contribution < -0.4 is 0 Å². The number of nitrogens with zero attached hydrogens (tertiary/aromatic N) is 1. The Morgan fingerprint density at radius 1 is 0.800 bits per heavy atom. The largest absolute Gasteiger partial charge is 0.412 e. The number of rotatable bonds is 0. The standard InChI is InChI=1S/La.NO3.5H2O/c;2-1(3)4;;;;;/h;;5*1H2/q;-1;;;;;. The van der Waals surface area contributed by atoms with E-state index in [9.17, 15) is 0 Å². The first-order chi connectivity index (χ1) is 1.73. The van der Waals surface area contributed by atoms with Crippen LogP contribution in [0.15, 0.2) is 0 Å². The van der Waals surface area contributed by atoms with E-state index in [2.05, 4.69) is 0 Å². The van der Waals surface area contributed by atoms with Gasteiger partial charge >= 0.3 is 0 Å². The van der Waals surface area contributed by atoms with Gasteiger partial charge in [0.1, 0.15) is 0 Å². The van der Waals surface area contributed by atoms with Gasteiger partial charge in [-0.2, -0.15) is 0 Å². The smallest absolute Gasteiger partial charge is 0.0689 e. The Hall–Kier alpha value is 0.195. The zero-order valence-electron chi connectivity index (χ0n) is 4.75. The topological polar surface area (TPSA) is 224 Å². The molecule has 10 heteroatoms. The van der Waals surface area contributed by atoms with E-state index >= 15 is 0 Å². The van der Waals surface area contributed by atoms with E-state index in [1.165, 1.54) is 0 Å². The maximum atomic E-state index is 8.25. The van der Waals surface area contributed by atoms with Gasteiger partial charge in [-0.3, -0.25) is 0 Å². The van der Waals surface area contributed by atoms with E-state index in [-0.39, 0.29) is 63.0 Å². The summed E-state index contributed by atoms with van der Waals surface area (Å²) in [6, 6.07) is 0. The van der Waals surface area contributed by atoms with E-state index in [0.717, 1.165) is 0 Å². The number of hydrogen-bond acceptors (Lipinski definition) is 3. The predicted molar refractivity (Wildman–Crippen MR) is 28.4 cm³/mol. The first-order valence-electron chi connectivity index (χ1n) is 0.548. The van der Waals surface area contributed by atoms with Gasteiger partial charge in [0.2, 0.25) is 0 Å². The maximum Gasteiger partial charge on any atom is 0.0689 e. The third-order valence-electron chi connectivity index (χ3n) is 0. The summed E-state index contributed by atoms with van der Waals surface area (Å²) in [6.45, 7) is 0. The fourth-order valence-corrected chi connectivity index (χ4v) is 0. The van der Waals surface area contributed by atoms with Crippen LogP contribution in [0.2, 0.25) is 0 Å². The molecule has 0 rings (SSSR count). The third-order valence-corrected chi connectivity index (χ3v) is 0. The molecule has 9 nitrogen and oxygen atoms in total. The maximum absolute atomic E-state index is 8.25. The molecule has 0 atom stereocenters. The van der Waals surface area contributed by atoms with Crippen LogP contribution in [-0.2, 0) is 0 Å². The van der Waals surface area contributed by atoms with E-state index in [1.807, 2.05) is 0 Å². The molecule has 0 aromatic rings. The molecular weight excluding hydrogens is 281 g/mol. The Bertz CT molecular complexity index is 32.2. The summed E-state index contributed by atoms with van der Waals surface area (Å²) < 4.78 is 0. The molecule has 1 radical (unpaired) electrons. The van der Waals surface area contributed by atoms with Crippen molar-refractivity contribution in [3.05, 3.63) is 15.3 Å². The van der Waals surface area contributed by atoms with Crippen molar-refractivity contribution in [1.29, 1.82) is 0 Å². The van der Waals surface area contributed by atoms with Gasteiger partial charge < -0.3 is 42.7 Å². The molecule has 0 amide bonds. The van der Waals surface area contributed by atoms with Gasteiger partial charge in [0.15, 0.2) is 0 Å². The predicted octanol–water partition coefficient (Wildman–Crippen LogP) is -4.36. The Morgan fingerprint density at radius 3 is 0.800 bits per heavy atom. The molecule has 0 aromatic carbocycles.